The van der Waals surface area contributed by atoms with Crippen molar-refractivity contribution in [2.24, 2.45) is 0 Å². The highest BCUT2D eigenvalue weighted by atomic mass is 14.0. The Labute approximate surface area is 77.4 Å². The zero-order valence-corrected chi connectivity index (χ0v) is 8.82. The van der Waals surface area contributed by atoms with Gasteiger partial charge in [0.05, 0.1) is 0 Å². The molecule has 0 aliphatic heterocycles. The molecule has 0 amide bonds. The smallest absolute Gasteiger partial charge is 0.0286 e. The van der Waals surface area contributed by atoms with Crippen molar-refractivity contribution < 1.29 is 0 Å². The predicted octanol–water partition coefficient (Wildman–Crippen LogP) is 4.48. The molecule has 0 aromatic rings. The van der Waals surface area contributed by atoms with Crippen LogP contribution in [0.4, 0.5) is 0 Å². The molecule has 0 aliphatic carbocycles. The van der Waals surface area contributed by atoms with Crippen LogP contribution in [0.5, 0.6) is 0 Å². The van der Waals surface area contributed by atoms with Crippen LogP contribution >= 0.6 is 0 Å². The SMILES string of the molecule is C=CCCC(C)=C(C)CCCC. The molecular formula is C12H22. The summed E-state index contributed by atoms with van der Waals surface area (Å²) in [6, 6.07) is 0. The molecule has 0 saturated carbocycles. The molecule has 0 N–H and O–H groups in total. The van der Waals surface area contributed by atoms with Gasteiger partial charge in [-0.15, -0.1) is 6.58 Å². The van der Waals surface area contributed by atoms with Gasteiger partial charge in [0, 0.05) is 0 Å². The van der Waals surface area contributed by atoms with Crippen LogP contribution < -0.4 is 0 Å². The first-order valence-electron chi connectivity index (χ1n) is 4.98. The quantitative estimate of drug-likeness (QED) is 0.510. The van der Waals surface area contributed by atoms with Gasteiger partial charge < -0.3 is 0 Å². The second kappa shape index (κ2) is 7.15. The second-order valence-electron chi connectivity index (χ2n) is 3.49. The maximum absolute atomic E-state index is 3.73. The van der Waals surface area contributed by atoms with Crippen LogP contribution in [0.25, 0.3) is 0 Å². The number of allylic oxidation sites excluding steroid dienone is 3. The normalized spacial score (nSPS) is 12.6. The fourth-order valence-corrected chi connectivity index (χ4v) is 1.19. The maximum Gasteiger partial charge on any atom is -0.0286 e. The minimum absolute atomic E-state index is 1.12. The molecule has 0 aliphatic rings. The molecule has 70 valence electrons. The predicted molar refractivity (Wildman–Crippen MR) is 57.3 cm³/mol. The van der Waals surface area contributed by atoms with Crippen molar-refractivity contribution in [2.45, 2.75) is 52.9 Å². The summed E-state index contributed by atoms with van der Waals surface area (Å²) in [7, 11) is 0. The molecule has 0 spiro atoms. The van der Waals surface area contributed by atoms with Gasteiger partial charge in [-0.1, -0.05) is 30.6 Å². The second-order valence-corrected chi connectivity index (χ2v) is 3.49. The zero-order chi connectivity index (χ0) is 9.40. The van der Waals surface area contributed by atoms with Crippen LogP contribution in [0.15, 0.2) is 23.8 Å². The first-order valence-corrected chi connectivity index (χ1v) is 4.98. The fraction of sp³-hybridized carbons (Fsp3) is 0.667. The highest BCUT2D eigenvalue weighted by Gasteiger charge is 1.95. The summed E-state index contributed by atoms with van der Waals surface area (Å²) in [5.41, 5.74) is 3.14. The topological polar surface area (TPSA) is 0 Å². The van der Waals surface area contributed by atoms with E-state index < -0.39 is 0 Å². The molecule has 0 unspecified atom stereocenters. The van der Waals surface area contributed by atoms with E-state index in [0.29, 0.717) is 0 Å². The maximum atomic E-state index is 3.73. The third kappa shape index (κ3) is 5.17. The Balaban J connectivity index is 3.79. The van der Waals surface area contributed by atoms with Gasteiger partial charge in [-0.3, -0.25) is 0 Å². The molecule has 0 heterocycles. The van der Waals surface area contributed by atoms with Gasteiger partial charge in [0.15, 0.2) is 0 Å². The van der Waals surface area contributed by atoms with Gasteiger partial charge in [0.2, 0.25) is 0 Å². The third-order valence-corrected chi connectivity index (χ3v) is 2.36. The highest BCUT2D eigenvalue weighted by molar-refractivity contribution is 5.09. The lowest BCUT2D eigenvalue weighted by molar-refractivity contribution is 0.772. The van der Waals surface area contributed by atoms with Crippen LogP contribution in [0, 0.1) is 0 Å². The molecule has 0 bridgehead atoms. The lowest BCUT2D eigenvalue weighted by atomic mass is 10.0. The Morgan fingerprint density at radius 1 is 1.17 bits per heavy atom. The fourth-order valence-electron chi connectivity index (χ4n) is 1.19. The summed E-state index contributed by atoms with van der Waals surface area (Å²) < 4.78 is 0. The third-order valence-electron chi connectivity index (χ3n) is 2.36. The first-order chi connectivity index (χ1) is 5.72. The van der Waals surface area contributed by atoms with Crippen LogP contribution in [0.3, 0.4) is 0 Å². The molecule has 12 heavy (non-hydrogen) atoms. The van der Waals surface area contributed by atoms with Crippen molar-refractivity contribution in [3.05, 3.63) is 23.8 Å². The summed E-state index contributed by atoms with van der Waals surface area (Å²) in [6.07, 6.45) is 8.22. The van der Waals surface area contributed by atoms with E-state index in [1.54, 1.807) is 11.1 Å². The summed E-state index contributed by atoms with van der Waals surface area (Å²) in [5.74, 6) is 0. The van der Waals surface area contributed by atoms with Crippen molar-refractivity contribution in [2.75, 3.05) is 0 Å². The Kier molecular flexibility index (Phi) is 6.84. The van der Waals surface area contributed by atoms with E-state index in [4.69, 9.17) is 0 Å². The standard InChI is InChI=1S/C12H22/c1-5-7-9-11(3)12(4)10-8-6-2/h5H,1,6-10H2,2-4H3. The Bertz CT molecular complexity index is 151. The summed E-state index contributed by atoms with van der Waals surface area (Å²) in [4.78, 5) is 0. The van der Waals surface area contributed by atoms with Gasteiger partial charge >= 0.3 is 0 Å². The van der Waals surface area contributed by atoms with Crippen molar-refractivity contribution in [1.29, 1.82) is 0 Å². The molecule has 0 aromatic heterocycles. The molecule has 0 radical (unpaired) electrons. The Morgan fingerprint density at radius 3 is 2.25 bits per heavy atom. The van der Waals surface area contributed by atoms with Crippen molar-refractivity contribution in [1.82, 2.24) is 0 Å². The van der Waals surface area contributed by atoms with E-state index in [1.807, 2.05) is 6.08 Å². The number of rotatable bonds is 6. The van der Waals surface area contributed by atoms with Crippen molar-refractivity contribution in [3.63, 3.8) is 0 Å². The van der Waals surface area contributed by atoms with Gasteiger partial charge in [0.1, 0.15) is 0 Å². The number of hydrogen-bond donors (Lipinski definition) is 0. The summed E-state index contributed by atoms with van der Waals surface area (Å²) in [5, 5.41) is 0. The molecule has 0 heteroatoms. The number of hydrogen-bond acceptors (Lipinski definition) is 0. The minimum Gasteiger partial charge on any atom is -0.103 e. The number of unbranched alkanes of at least 4 members (excludes halogenated alkanes) is 1. The zero-order valence-electron chi connectivity index (χ0n) is 8.82. The van der Waals surface area contributed by atoms with Gasteiger partial charge in [-0.05, 0) is 39.5 Å². The van der Waals surface area contributed by atoms with Crippen LogP contribution in [0.2, 0.25) is 0 Å². The molecule has 0 aromatic carbocycles. The first kappa shape index (κ1) is 11.5. The lowest BCUT2D eigenvalue weighted by Gasteiger charge is -2.05. The van der Waals surface area contributed by atoms with E-state index in [2.05, 4.69) is 27.4 Å². The summed E-state index contributed by atoms with van der Waals surface area (Å²) >= 11 is 0. The van der Waals surface area contributed by atoms with E-state index in [1.165, 1.54) is 25.7 Å². The van der Waals surface area contributed by atoms with Gasteiger partial charge in [-0.25, -0.2) is 0 Å². The van der Waals surface area contributed by atoms with Crippen molar-refractivity contribution >= 4 is 0 Å². The van der Waals surface area contributed by atoms with E-state index in [9.17, 15) is 0 Å². The van der Waals surface area contributed by atoms with E-state index in [-0.39, 0.29) is 0 Å². The van der Waals surface area contributed by atoms with Crippen molar-refractivity contribution in [3.8, 4) is 0 Å². The van der Waals surface area contributed by atoms with Gasteiger partial charge in [0.25, 0.3) is 0 Å². The Hall–Kier alpha value is -0.520. The molecular weight excluding hydrogens is 144 g/mol. The average Bonchev–Trinajstić information content (AvgIpc) is 2.10. The van der Waals surface area contributed by atoms with E-state index >= 15 is 0 Å². The Morgan fingerprint density at radius 2 is 1.75 bits per heavy atom. The van der Waals surface area contributed by atoms with Gasteiger partial charge in [-0.2, -0.15) is 0 Å². The average molecular weight is 166 g/mol. The molecule has 0 saturated heterocycles. The lowest BCUT2D eigenvalue weighted by Crippen LogP contribution is -1.85. The van der Waals surface area contributed by atoms with Crippen LogP contribution in [-0.4, -0.2) is 0 Å². The molecule has 0 fully saturated rings. The van der Waals surface area contributed by atoms with Crippen LogP contribution in [0.1, 0.15) is 52.9 Å². The minimum atomic E-state index is 1.12. The van der Waals surface area contributed by atoms with E-state index in [0.717, 1.165) is 6.42 Å². The van der Waals surface area contributed by atoms with Crippen LogP contribution in [-0.2, 0) is 0 Å². The monoisotopic (exact) mass is 166 g/mol. The molecule has 0 nitrogen and oxygen atoms in total. The molecule has 0 atom stereocenters. The largest absolute Gasteiger partial charge is 0.103 e. The molecule has 0 rings (SSSR count). The highest BCUT2D eigenvalue weighted by Crippen LogP contribution is 2.15. The summed E-state index contributed by atoms with van der Waals surface area (Å²) in [6.45, 7) is 10.5.